The average molecular weight is 436 g/mol. The van der Waals surface area contributed by atoms with Crippen LogP contribution in [0.3, 0.4) is 0 Å². The number of thiophene rings is 1. The molecule has 0 spiro atoms. The van der Waals surface area contributed by atoms with Gasteiger partial charge in [-0.15, -0.1) is 11.3 Å². The molecule has 0 bridgehead atoms. The van der Waals surface area contributed by atoms with Gasteiger partial charge in [0.05, 0.1) is 8.66 Å². The molecule has 0 N–H and O–H groups in total. The molecule has 0 saturated heterocycles. The molecule has 0 fully saturated rings. The Morgan fingerprint density at radius 2 is 2.23 bits per heavy atom. The Morgan fingerprint density at radius 1 is 1.46 bits per heavy atom. The van der Waals surface area contributed by atoms with Crippen molar-refractivity contribution in [3.05, 3.63) is 18.2 Å². The Balaban J connectivity index is 2.46. The summed E-state index contributed by atoms with van der Waals surface area (Å²) in [6.45, 7) is 0. The Labute approximate surface area is 108 Å². The second kappa shape index (κ2) is 3.95. The molecule has 0 aliphatic heterocycles. The summed E-state index contributed by atoms with van der Waals surface area (Å²) in [4.78, 5) is 5.07. The van der Waals surface area contributed by atoms with Crippen LogP contribution in [0.2, 0.25) is 0 Å². The summed E-state index contributed by atoms with van der Waals surface area (Å²) in [7, 11) is 0. The van der Waals surface area contributed by atoms with Gasteiger partial charge in [-0.2, -0.15) is 4.98 Å². The largest absolute Gasteiger partial charge is 0.332 e. The molecule has 0 atom stereocenters. The Bertz CT molecular complexity index is 422. The lowest BCUT2D eigenvalue weighted by Crippen LogP contribution is -1.71. The first-order valence-electron chi connectivity index (χ1n) is 3.11. The first-order chi connectivity index (χ1) is 6.16. The van der Waals surface area contributed by atoms with Gasteiger partial charge < -0.3 is 4.52 Å². The van der Waals surface area contributed by atoms with Gasteiger partial charge in [-0.3, -0.25) is 0 Å². The monoisotopic (exact) mass is 434 g/mol. The Morgan fingerprint density at radius 3 is 2.69 bits per heavy atom. The first kappa shape index (κ1) is 10.1. The van der Waals surface area contributed by atoms with E-state index < -0.39 is 0 Å². The molecule has 0 aliphatic rings. The SMILES string of the molecule is Brc1cc(-c2nc(I)no2)sc1Br. The topological polar surface area (TPSA) is 38.9 Å². The maximum atomic E-state index is 5.02. The Hall–Kier alpha value is 0.530. The molecule has 0 aliphatic carbocycles. The van der Waals surface area contributed by atoms with Crippen molar-refractivity contribution in [3.63, 3.8) is 0 Å². The number of aromatic nitrogens is 2. The van der Waals surface area contributed by atoms with Gasteiger partial charge in [0.25, 0.3) is 5.89 Å². The Kier molecular flexibility index (Phi) is 3.06. The van der Waals surface area contributed by atoms with Crippen LogP contribution in [0.15, 0.2) is 18.8 Å². The van der Waals surface area contributed by atoms with Gasteiger partial charge in [-0.05, 0) is 37.9 Å². The van der Waals surface area contributed by atoms with E-state index in [0.29, 0.717) is 9.72 Å². The quantitative estimate of drug-likeness (QED) is 0.637. The lowest BCUT2D eigenvalue weighted by Gasteiger charge is -1.81. The third kappa shape index (κ3) is 2.13. The molecular formula is C6HBr2IN2OS. The van der Waals surface area contributed by atoms with Crippen molar-refractivity contribution in [1.82, 2.24) is 10.1 Å². The molecule has 0 saturated carbocycles. The zero-order valence-electron chi connectivity index (χ0n) is 5.92. The van der Waals surface area contributed by atoms with E-state index in [1.54, 1.807) is 11.3 Å². The molecule has 68 valence electrons. The lowest BCUT2D eigenvalue weighted by molar-refractivity contribution is 0.426. The molecule has 2 heterocycles. The lowest BCUT2D eigenvalue weighted by atomic mass is 10.5. The normalized spacial score (nSPS) is 10.7. The fraction of sp³-hybridized carbons (Fsp3) is 0. The van der Waals surface area contributed by atoms with Crippen LogP contribution >= 0.6 is 65.8 Å². The standard InChI is InChI=1S/C6HBr2IN2OS/c7-2-1-3(13-4(2)8)5-10-6(9)11-12-5/h1H. The van der Waals surface area contributed by atoms with Gasteiger partial charge in [-0.25, -0.2) is 0 Å². The number of halogens is 3. The zero-order chi connectivity index (χ0) is 9.42. The average Bonchev–Trinajstić information content (AvgIpc) is 2.61. The predicted octanol–water partition coefficient (Wildman–Crippen LogP) is 3.93. The fourth-order valence-corrected chi connectivity index (χ4v) is 3.03. The molecule has 0 aromatic carbocycles. The number of rotatable bonds is 1. The van der Waals surface area contributed by atoms with E-state index in [0.717, 1.165) is 13.1 Å². The molecule has 7 heteroatoms. The van der Waals surface area contributed by atoms with Crippen LogP contribution in [0, 0.1) is 3.83 Å². The van der Waals surface area contributed by atoms with Crippen LogP contribution in [-0.2, 0) is 0 Å². The zero-order valence-corrected chi connectivity index (χ0v) is 12.1. The molecular weight excluding hydrogens is 435 g/mol. The van der Waals surface area contributed by atoms with Crippen molar-refractivity contribution >= 4 is 65.8 Å². The smallest absolute Gasteiger partial charge is 0.268 e. The summed E-state index contributed by atoms with van der Waals surface area (Å²) in [5.74, 6) is 0.556. The van der Waals surface area contributed by atoms with Gasteiger partial charge in [0.1, 0.15) is 0 Å². The van der Waals surface area contributed by atoms with Crippen LogP contribution in [-0.4, -0.2) is 10.1 Å². The maximum absolute atomic E-state index is 5.02. The number of nitrogens with zero attached hydrogens (tertiary/aromatic N) is 2. The summed E-state index contributed by atoms with van der Waals surface area (Å²) in [6.07, 6.45) is 0. The third-order valence-electron chi connectivity index (χ3n) is 1.26. The summed E-state index contributed by atoms with van der Waals surface area (Å²) < 4.78 is 7.66. The highest BCUT2D eigenvalue weighted by molar-refractivity contribution is 14.1. The summed E-state index contributed by atoms with van der Waals surface area (Å²) in [5, 5.41) is 3.71. The fourth-order valence-electron chi connectivity index (χ4n) is 0.758. The van der Waals surface area contributed by atoms with E-state index in [4.69, 9.17) is 4.52 Å². The minimum absolute atomic E-state index is 0.556. The third-order valence-corrected chi connectivity index (χ3v) is 4.94. The number of hydrogen-bond donors (Lipinski definition) is 0. The molecule has 0 unspecified atom stereocenters. The highest BCUT2D eigenvalue weighted by atomic mass is 127. The second-order valence-electron chi connectivity index (χ2n) is 2.10. The highest BCUT2D eigenvalue weighted by Crippen LogP contribution is 2.37. The van der Waals surface area contributed by atoms with E-state index in [-0.39, 0.29) is 0 Å². The van der Waals surface area contributed by atoms with Crippen LogP contribution < -0.4 is 0 Å². The van der Waals surface area contributed by atoms with Crippen LogP contribution in [0.1, 0.15) is 0 Å². The van der Waals surface area contributed by atoms with Crippen molar-refractivity contribution < 1.29 is 4.52 Å². The van der Waals surface area contributed by atoms with Crippen LogP contribution in [0.25, 0.3) is 10.8 Å². The predicted molar refractivity (Wildman–Crippen MR) is 65.7 cm³/mol. The van der Waals surface area contributed by atoms with E-state index in [1.807, 2.05) is 28.7 Å². The van der Waals surface area contributed by atoms with Crippen LogP contribution in [0.5, 0.6) is 0 Å². The van der Waals surface area contributed by atoms with E-state index >= 15 is 0 Å². The molecule has 0 amide bonds. The molecule has 2 aromatic heterocycles. The van der Waals surface area contributed by atoms with Gasteiger partial charge in [0, 0.05) is 27.1 Å². The van der Waals surface area contributed by atoms with Gasteiger partial charge in [0.2, 0.25) is 3.83 Å². The van der Waals surface area contributed by atoms with Crippen LogP contribution in [0.4, 0.5) is 0 Å². The van der Waals surface area contributed by atoms with Gasteiger partial charge in [0.15, 0.2) is 0 Å². The highest BCUT2D eigenvalue weighted by Gasteiger charge is 2.11. The van der Waals surface area contributed by atoms with Crippen molar-refractivity contribution in [3.8, 4) is 10.8 Å². The molecule has 13 heavy (non-hydrogen) atoms. The van der Waals surface area contributed by atoms with E-state index in [1.165, 1.54) is 0 Å². The minimum atomic E-state index is 0.556. The number of hydrogen-bond acceptors (Lipinski definition) is 4. The van der Waals surface area contributed by atoms with Crippen molar-refractivity contribution in [1.29, 1.82) is 0 Å². The van der Waals surface area contributed by atoms with Gasteiger partial charge >= 0.3 is 0 Å². The molecule has 0 radical (unpaired) electrons. The summed E-state index contributed by atoms with van der Waals surface area (Å²) in [5.41, 5.74) is 0. The summed E-state index contributed by atoms with van der Waals surface area (Å²) >= 11 is 10.4. The molecule has 3 nitrogen and oxygen atoms in total. The summed E-state index contributed by atoms with van der Waals surface area (Å²) in [6, 6.07) is 1.94. The minimum Gasteiger partial charge on any atom is -0.332 e. The maximum Gasteiger partial charge on any atom is 0.268 e. The van der Waals surface area contributed by atoms with Crippen molar-refractivity contribution in [2.75, 3.05) is 0 Å². The van der Waals surface area contributed by atoms with Crippen molar-refractivity contribution in [2.45, 2.75) is 0 Å². The van der Waals surface area contributed by atoms with Crippen molar-refractivity contribution in [2.24, 2.45) is 0 Å². The molecule has 2 rings (SSSR count). The van der Waals surface area contributed by atoms with E-state index in [9.17, 15) is 0 Å². The first-order valence-corrected chi connectivity index (χ1v) is 6.59. The van der Waals surface area contributed by atoms with E-state index in [2.05, 4.69) is 42.0 Å². The second-order valence-corrected chi connectivity index (χ2v) is 6.29. The molecule has 2 aromatic rings. The van der Waals surface area contributed by atoms with Gasteiger partial charge in [-0.1, -0.05) is 5.16 Å².